The Morgan fingerprint density at radius 3 is 2.58 bits per heavy atom. The van der Waals surface area contributed by atoms with Crippen LogP contribution in [0.3, 0.4) is 0 Å². The third-order valence-corrected chi connectivity index (χ3v) is 4.11. The number of hydrogen-bond acceptors (Lipinski definition) is 3. The van der Waals surface area contributed by atoms with Crippen molar-refractivity contribution in [3.63, 3.8) is 0 Å². The first-order chi connectivity index (χ1) is 11.2. The van der Waals surface area contributed by atoms with Crippen LogP contribution < -0.4 is 10.6 Å². The van der Waals surface area contributed by atoms with Crippen LogP contribution in [0.4, 0.5) is 10.5 Å². The van der Waals surface area contributed by atoms with Gasteiger partial charge in [-0.05, 0) is 43.4 Å². The van der Waals surface area contributed by atoms with Gasteiger partial charge in [0.1, 0.15) is 12.6 Å². The van der Waals surface area contributed by atoms with Gasteiger partial charge >= 0.3 is 6.03 Å². The van der Waals surface area contributed by atoms with Crippen molar-refractivity contribution in [3.05, 3.63) is 28.3 Å². The summed E-state index contributed by atoms with van der Waals surface area (Å²) in [7, 11) is 0. The third-order valence-electron chi connectivity index (χ3n) is 3.81. The standard InChI is InChI=1S/C17H22ClN3O3/c1-9(2)5-13-16(23)21(17(24)19-13)8-14(22)20-15-11(4)6-10(3)7-12(15)18/h6-7,9,13H,5,8H2,1-4H3,(H,19,24)(H,20,22)/t13-/m0/s1. The average molecular weight is 352 g/mol. The fourth-order valence-electron chi connectivity index (χ4n) is 2.75. The number of rotatable bonds is 5. The minimum absolute atomic E-state index is 0.266. The molecule has 2 N–H and O–H groups in total. The zero-order chi connectivity index (χ0) is 18.0. The van der Waals surface area contributed by atoms with E-state index in [1.165, 1.54) is 0 Å². The number of carbonyl (C=O) groups is 3. The fraction of sp³-hybridized carbons (Fsp3) is 0.471. The van der Waals surface area contributed by atoms with Crippen LogP contribution in [-0.2, 0) is 9.59 Å². The van der Waals surface area contributed by atoms with Crippen LogP contribution >= 0.6 is 11.6 Å². The Kier molecular flexibility index (Phi) is 5.49. The molecule has 1 heterocycles. The second kappa shape index (κ2) is 7.21. The maximum absolute atomic E-state index is 12.3. The van der Waals surface area contributed by atoms with Gasteiger partial charge in [0.15, 0.2) is 0 Å². The molecule has 4 amide bonds. The largest absolute Gasteiger partial charge is 0.326 e. The van der Waals surface area contributed by atoms with E-state index in [-0.39, 0.29) is 18.4 Å². The van der Waals surface area contributed by atoms with Gasteiger partial charge in [0.25, 0.3) is 5.91 Å². The molecule has 0 aromatic heterocycles. The molecule has 0 saturated carbocycles. The molecule has 0 aliphatic carbocycles. The molecule has 1 aliphatic heterocycles. The van der Waals surface area contributed by atoms with Crippen LogP contribution in [0.1, 0.15) is 31.4 Å². The SMILES string of the molecule is Cc1cc(C)c(NC(=O)CN2C(=O)N[C@@H](CC(C)C)C2=O)c(Cl)c1. The lowest BCUT2D eigenvalue weighted by Gasteiger charge is -2.15. The van der Waals surface area contributed by atoms with Gasteiger partial charge in [-0.15, -0.1) is 0 Å². The molecule has 1 saturated heterocycles. The Labute approximate surface area is 146 Å². The van der Waals surface area contributed by atoms with E-state index >= 15 is 0 Å². The molecule has 1 aliphatic rings. The lowest BCUT2D eigenvalue weighted by Crippen LogP contribution is -2.38. The first-order valence-electron chi connectivity index (χ1n) is 7.87. The lowest BCUT2D eigenvalue weighted by atomic mass is 10.0. The van der Waals surface area contributed by atoms with E-state index in [0.29, 0.717) is 17.1 Å². The van der Waals surface area contributed by atoms with Crippen molar-refractivity contribution in [1.82, 2.24) is 10.2 Å². The molecule has 1 fully saturated rings. The highest BCUT2D eigenvalue weighted by atomic mass is 35.5. The average Bonchev–Trinajstić information content (AvgIpc) is 2.70. The molecule has 0 radical (unpaired) electrons. The maximum Gasteiger partial charge on any atom is 0.325 e. The van der Waals surface area contributed by atoms with Gasteiger partial charge in [-0.1, -0.05) is 31.5 Å². The maximum atomic E-state index is 12.3. The van der Waals surface area contributed by atoms with Crippen molar-refractivity contribution in [2.24, 2.45) is 5.92 Å². The van der Waals surface area contributed by atoms with Gasteiger partial charge in [0, 0.05) is 0 Å². The number of nitrogens with zero attached hydrogens (tertiary/aromatic N) is 1. The lowest BCUT2D eigenvalue weighted by molar-refractivity contribution is -0.131. The van der Waals surface area contributed by atoms with Crippen molar-refractivity contribution >= 4 is 35.1 Å². The van der Waals surface area contributed by atoms with Crippen LogP contribution in [0.15, 0.2) is 12.1 Å². The predicted octanol–water partition coefficient (Wildman–Crippen LogP) is 2.86. The third kappa shape index (κ3) is 4.06. The van der Waals surface area contributed by atoms with Crippen molar-refractivity contribution in [1.29, 1.82) is 0 Å². The number of amides is 4. The van der Waals surface area contributed by atoms with Crippen molar-refractivity contribution in [3.8, 4) is 0 Å². The molecule has 24 heavy (non-hydrogen) atoms. The molecule has 1 aromatic carbocycles. The summed E-state index contributed by atoms with van der Waals surface area (Å²) < 4.78 is 0. The Morgan fingerprint density at radius 2 is 2.00 bits per heavy atom. The smallest absolute Gasteiger partial charge is 0.325 e. The Balaban J connectivity index is 2.05. The number of halogens is 1. The Bertz CT molecular complexity index is 665. The van der Waals surface area contributed by atoms with Crippen LogP contribution in [0.25, 0.3) is 0 Å². The fourth-order valence-corrected chi connectivity index (χ4v) is 3.12. The number of hydrogen-bond donors (Lipinski definition) is 2. The van der Waals surface area contributed by atoms with E-state index in [0.717, 1.165) is 16.0 Å². The topological polar surface area (TPSA) is 78.5 Å². The number of urea groups is 1. The van der Waals surface area contributed by atoms with Gasteiger partial charge in [-0.3, -0.25) is 14.5 Å². The summed E-state index contributed by atoms with van der Waals surface area (Å²) in [5.41, 5.74) is 2.31. The summed E-state index contributed by atoms with van der Waals surface area (Å²) >= 11 is 6.16. The quantitative estimate of drug-likeness (QED) is 0.800. The molecule has 7 heteroatoms. The van der Waals surface area contributed by atoms with Gasteiger partial charge in [-0.25, -0.2) is 4.79 Å². The van der Waals surface area contributed by atoms with E-state index in [2.05, 4.69) is 10.6 Å². The Morgan fingerprint density at radius 1 is 1.33 bits per heavy atom. The van der Waals surface area contributed by atoms with Crippen LogP contribution in [0, 0.1) is 19.8 Å². The number of benzene rings is 1. The highest BCUT2D eigenvalue weighted by molar-refractivity contribution is 6.34. The molecule has 0 unspecified atom stereocenters. The van der Waals surface area contributed by atoms with Crippen molar-refractivity contribution in [2.45, 2.75) is 40.2 Å². The van der Waals surface area contributed by atoms with E-state index in [1.54, 1.807) is 6.07 Å². The molecule has 6 nitrogen and oxygen atoms in total. The summed E-state index contributed by atoms with van der Waals surface area (Å²) in [5, 5.41) is 5.73. The van der Waals surface area contributed by atoms with E-state index < -0.39 is 18.0 Å². The second-order valence-electron chi connectivity index (χ2n) is 6.54. The summed E-state index contributed by atoms with van der Waals surface area (Å²) in [6, 6.07) is 2.55. The highest BCUT2D eigenvalue weighted by Crippen LogP contribution is 2.27. The van der Waals surface area contributed by atoms with E-state index in [1.807, 2.05) is 33.8 Å². The molecule has 130 valence electrons. The zero-order valence-corrected chi connectivity index (χ0v) is 15.0. The van der Waals surface area contributed by atoms with Crippen molar-refractivity contribution < 1.29 is 14.4 Å². The summed E-state index contributed by atoms with van der Waals surface area (Å²) in [4.78, 5) is 37.4. The molecule has 2 rings (SSSR count). The van der Waals surface area contributed by atoms with Crippen LogP contribution in [-0.4, -0.2) is 35.3 Å². The first-order valence-corrected chi connectivity index (χ1v) is 8.25. The van der Waals surface area contributed by atoms with Gasteiger partial charge in [0.05, 0.1) is 10.7 Å². The summed E-state index contributed by atoms with van der Waals surface area (Å²) in [5.74, 6) is -0.560. The van der Waals surface area contributed by atoms with Crippen LogP contribution in [0.5, 0.6) is 0 Å². The summed E-state index contributed by atoms with van der Waals surface area (Å²) in [6.07, 6.45) is 0.547. The van der Waals surface area contributed by atoms with E-state index in [9.17, 15) is 14.4 Å². The molecule has 1 aromatic rings. The molecule has 0 spiro atoms. The molecule has 1 atom stereocenters. The summed E-state index contributed by atoms with van der Waals surface area (Å²) in [6.45, 7) is 7.35. The normalized spacial score (nSPS) is 17.4. The van der Waals surface area contributed by atoms with E-state index in [4.69, 9.17) is 11.6 Å². The minimum atomic E-state index is -0.560. The molecular weight excluding hydrogens is 330 g/mol. The zero-order valence-electron chi connectivity index (χ0n) is 14.3. The number of aryl methyl sites for hydroxylation is 2. The molecule has 0 bridgehead atoms. The van der Waals surface area contributed by atoms with Gasteiger partial charge in [0.2, 0.25) is 5.91 Å². The highest BCUT2D eigenvalue weighted by Gasteiger charge is 2.39. The second-order valence-corrected chi connectivity index (χ2v) is 6.95. The number of carbonyl (C=O) groups excluding carboxylic acids is 3. The number of nitrogens with one attached hydrogen (secondary N) is 2. The monoisotopic (exact) mass is 351 g/mol. The minimum Gasteiger partial charge on any atom is -0.326 e. The predicted molar refractivity (Wildman–Crippen MR) is 93.0 cm³/mol. The molecular formula is C17H22ClN3O3. The number of anilines is 1. The number of imide groups is 1. The van der Waals surface area contributed by atoms with Crippen molar-refractivity contribution in [2.75, 3.05) is 11.9 Å². The van der Waals surface area contributed by atoms with Gasteiger partial charge in [-0.2, -0.15) is 0 Å². The van der Waals surface area contributed by atoms with Crippen LogP contribution in [0.2, 0.25) is 5.02 Å². The van der Waals surface area contributed by atoms with Gasteiger partial charge < -0.3 is 10.6 Å². The Hall–Kier alpha value is -2.08. The first kappa shape index (κ1) is 18.3.